The van der Waals surface area contributed by atoms with Gasteiger partial charge in [-0.25, -0.2) is 0 Å². The summed E-state index contributed by atoms with van der Waals surface area (Å²) < 4.78 is 0. The minimum atomic E-state index is -0.576. The van der Waals surface area contributed by atoms with Crippen LogP contribution in [-0.2, 0) is 11.2 Å². The molecule has 0 saturated heterocycles. The Morgan fingerprint density at radius 1 is 1.25 bits per heavy atom. The molecule has 0 heterocycles. The maximum Gasteiger partial charge on any atom is 0.241 e. The van der Waals surface area contributed by atoms with Crippen LogP contribution in [0, 0.1) is 6.92 Å². The highest BCUT2D eigenvalue weighted by Crippen LogP contribution is 2.19. The number of nitrogens with two attached hydrogens (primary N) is 1. The Kier molecular flexibility index (Phi) is 4.77. The largest absolute Gasteiger partial charge is 0.324 e. The van der Waals surface area contributed by atoms with Crippen LogP contribution in [-0.4, -0.2) is 11.9 Å². The van der Waals surface area contributed by atoms with Gasteiger partial charge in [0.05, 0.1) is 6.04 Å². The molecule has 2 rings (SSSR count). The van der Waals surface area contributed by atoms with Crippen molar-refractivity contribution in [2.45, 2.75) is 19.4 Å². The topological polar surface area (TPSA) is 55.1 Å². The third-order valence-corrected chi connectivity index (χ3v) is 3.32. The number of anilines is 1. The van der Waals surface area contributed by atoms with E-state index >= 15 is 0 Å². The van der Waals surface area contributed by atoms with Crippen molar-refractivity contribution in [3.05, 3.63) is 64.7 Å². The molecule has 0 saturated carbocycles. The van der Waals surface area contributed by atoms with Crippen molar-refractivity contribution in [1.29, 1.82) is 0 Å². The zero-order chi connectivity index (χ0) is 14.5. The normalized spacial score (nSPS) is 11.9. The van der Waals surface area contributed by atoms with Gasteiger partial charge in [0.15, 0.2) is 0 Å². The van der Waals surface area contributed by atoms with Gasteiger partial charge in [-0.05, 0) is 42.7 Å². The Morgan fingerprint density at radius 3 is 2.60 bits per heavy atom. The molecule has 0 aliphatic heterocycles. The highest BCUT2D eigenvalue weighted by molar-refractivity contribution is 6.30. The average Bonchev–Trinajstić information content (AvgIpc) is 2.43. The van der Waals surface area contributed by atoms with Crippen LogP contribution >= 0.6 is 11.6 Å². The fourth-order valence-electron chi connectivity index (χ4n) is 1.95. The van der Waals surface area contributed by atoms with Crippen molar-refractivity contribution in [3.8, 4) is 0 Å². The first-order valence-corrected chi connectivity index (χ1v) is 6.80. The van der Waals surface area contributed by atoms with E-state index in [1.165, 1.54) is 0 Å². The number of hydrogen-bond acceptors (Lipinski definition) is 2. The van der Waals surface area contributed by atoms with Gasteiger partial charge in [-0.15, -0.1) is 0 Å². The summed E-state index contributed by atoms with van der Waals surface area (Å²) in [6.45, 7) is 1.89. The Labute approximate surface area is 123 Å². The minimum Gasteiger partial charge on any atom is -0.324 e. The molecule has 20 heavy (non-hydrogen) atoms. The van der Waals surface area contributed by atoms with Gasteiger partial charge in [0.2, 0.25) is 5.91 Å². The molecule has 0 aliphatic carbocycles. The number of carbonyl (C=O) groups excluding carboxylic acids is 1. The van der Waals surface area contributed by atoms with Gasteiger partial charge in [0.1, 0.15) is 0 Å². The first-order chi connectivity index (χ1) is 9.56. The van der Waals surface area contributed by atoms with Crippen LogP contribution in [0.15, 0.2) is 48.5 Å². The predicted octanol–water partition coefficient (Wildman–Crippen LogP) is 3.16. The Bertz CT molecular complexity index is 599. The van der Waals surface area contributed by atoms with Gasteiger partial charge in [-0.3, -0.25) is 4.79 Å². The van der Waals surface area contributed by atoms with Gasteiger partial charge in [-0.2, -0.15) is 0 Å². The lowest BCUT2D eigenvalue weighted by molar-refractivity contribution is -0.117. The molecule has 0 unspecified atom stereocenters. The SMILES string of the molecule is Cc1cc(Cl)ccc1NC(=O)[C@H](N)Cc1ccccc1. The Balaban J connectivity index is 2.01. The molecular weight excluding hydrogens is 272 g/mol. The van der Waals surface area contributed by atoms with Crippen molar-refractivity contribution in [2.24, 2.45) is 5.73 Å². The van der Waals surface area contributed by atoms with E-state index in [9.17, 15) is 4.79 Å². The zero-order valence-corrected chi connectivity index (χ0v) is 12.0. The van der Waals surface area contributed by atoms with Gasteiger partial charge in [-0.1, -0.05) is 41.9 Å². The molecular formula is C16H17ClN2O. The lowest BCUT2D eigenvalue weighted by Gasteiger charge is -2.14. The molecule has 104 valence electrons. The molecule has 0 aliphatic rings. The molecule has 3 N–H and O–H groups in total. The fourth-order valence-corrected chi connectivity index (χ4v) is 2.18. The summed E-state index contributed by atoms with van der Waals surface area (Å²) in [6.07, 6.45) is 0.513. The molecule has 4 heteroatoms. The smallest absolute Gasteiger partial charge is 0.241 e. The molecule has 0 aromatic heterocycles. The van der Waals surface area contributed by atoms with E-state index in [1.54, 1.807) is 18.2 Å². The van der Waals surface area contributed by atoms with Crippen LogP contribution in [0.3, 0.4) is 0 Å². The van der Waals surface area contributed by atoms with Gasteiger partial charge < -0.3 is 11.1 Å². The van der Waals surface area contributed by atoms with Crippen LogP contribution in [0.1, 0.15) is 11.1 Å². The second-order valence-corrected chi connectivity index (χ2v) is 5.18. The molecule has 0 bridgehead atoms. The number of hydrogen-bond donors (Lipinski definition) is 2. The van der Waals surface area contributed by atoms with Crippen LogP contribution in [0.5, 0.6) is 0 Å². The fraction of sp³-hybridized carbons (Fsp3) is 0.188. The highest BCUT2D eigenvalue weighted by Gasteiger charge is 2.15. The summed E-state index contributed by atoms with van der Waals surface area (Å²) in [5.41, 5.74) is 8.64. The van der Waals surface area contributed by atoms with E-state index < -0.39 is 6.04 Å². The van der Waals surface area contributed by atoms with E-state index in [2.05, 4.69) is 5.32 Å². The van der Waals surface area contributed by atoms with Crippen molar-refractivity contribution < 1.29 is 4.79 Å². The molecule has 2 aromatic carbocycles. The third-order valence-electron chi connectivity index (χ3n) is 3.08. The molecule has 2 aromatic rings. The number of nitrogens with one attached hydrogen (secondary N) is 1. The summed E-state index contributed by atoms with van der Waals surface area (Å²) in [4.78, 5) is 12.1. The number of amides is 1. The molecule has 0 fully saturated rings. The zero-order valence-electron chi connectivity index (χ0n) is 11.3. The van der Waals surface area contributed by atoms with E-state index in [-0.39, 0.29) is 5.91 Å². The van der Waals surface area contributed by atoms with Crippen molar-refractivity contribution in [3.63, 3.8) is 0 Å². The molecule has 1 atom stereocenters. The van der Waals surface area contributed by atoms with E-state index in [0.29, 0.717) is 11.4 Å². The van der Waals surface area contributed by atoms with Crippen molar-refractivity contribution >= 4 is 23.2 Å². The Hall–Kier alpha value is -1.84. The van der Waals surface area contributed by atoms with E-state index in [0.717, 1.165) is 16.8 Å². The van der Waals surface area contributed by atoms with E-state index in [1.807, 2.05) is 37.3 Å². The maximum absolute atomic E-state index is 12.1. The highest BCUT2D eigenvalue weighted by atomic mass is 35.5. The van der Waals surface area contributed by atoms with E-state index in [4.69, 9.17) is 17.3 Å². The number of aryl methyl sites for hydroxylation is 1. The molecule has 0 radical (unpaired) electrons. The van der Waals surface area contributed by atoms with Crippen molar-refractivity contribution in [2.75, 3.05) is 5.32 Å². The molecule has 1 amide bonds. The Morgan fingerprint density at radius 2 is 1.95 bits per heavy atom. The summed E-state index contributed by atoms with van der Waals surface area (Å²) >= 11 is 5.89. The van der Waals surface area contributed by atoms with Gasteiger partial charge in [0.25, 0.3) is 0 Å². The second-order valence-electron chi connectivity index (χ2n) is 4.74. The summed E-state index contributed by atoms with van der Waals surface area (Å²) in [6, 6.07) is 14.5. The number of rotatable bonds is 4. The maximum atomic E-state index is 12.1. The number of benzene rings is 2. The first-order valence-electron chi connectivity index (χ1n) is 6.43. The lowest BCUT2D eigenvalue weighted by Crippen LogP contribution is -2.37. The first kappa shape index (κ1) is 14.6. The van der Waals surface area contributed by atoms with Crippen LogP contribution in [0.25, 0.3) is 0 Å². The predicted molar refractivity (Wildman–Crippen MR) is 82.9 cm³/mol. The molecule has 0 spiro atoms. The number of halogens is 1. The standard InChI is InChI=1S/C16H17ClN2O/c1-11-9-13(17)7-8-15(11)19-16(20)14(18)10-12-5-3-2-4-6-12/h2-9,14H,10,18H2,1H3,(H,19,20)/t14-/m1/s1. The second kappa shape index (κ2) is 6.55. The lowest BCUT2D eigenvalue weighted by atomic mass is 10.1. The van der Waals surface area contributed by atoms with Crippen LogP contribution < -0.4 is 11.1 Å². The third kappa shape index (κ3) is 3.83. The molecule has 3 nitrogen and oxygen atoms in total. The minimum absolute atomic E-state index is 0.195. The van der Waals surface area contributed by atoms with Crippen LogP contribution in [0.4, 0.5) is 5.69 Å². The number of carbonyl (C=O) groups is 1. The summed E-state index contributed by atoms with van der Waals surface area (Å²) in [5, 5.41) is 3.48. The van der Waals surface area contributed by atoms with Gasteiger partial charge >= 0.3 is 0 Å². The summed E-state index contributed by atoms with van der Waals surface area (Å²) in [5.74, 6) is -0.195. The van der Waals surface area contributed by atoms with Crippen molar-refractivity contribution in [1.82, 2.24) is 0 Å². The van der Waals surface area contributed by atoms with Crippen LogP contribution in [0.2, 0.25) is 5.02 Å². The summed E-state index contributed by atoms with van der Waals surface area (Å²) in [7, 11) is 0. The average molecular weight is 289 g/mol. The quantitative estimate of drug-likeness (QED) is 0.908. The van der Waals surface area contributed by atoms with Gasteiger partial charge in [0, 0.05) is 10.7 Å². The monoisotopic (exact) mass is 288 g/mol.